The molecule has 1 saturated heterocycles. The van der Waals surface area contributed by atoms with Gasteiger partial charge in [-0.1, -0.05) is 18.3 Å². The Bertz CT molecular complexity index is 429. The lowest BCUT2D eigenvalue weighted by molar-refractivity contribution is 0.390. The van der Waals surface area contributed by atoms with Gasteiger partial charge in [-0.25, -0.2) is 4.98 Å². The third kappa shape index (κ3) is 2.16. The predicted octanol–water partition coefficient (Wildman–Crippen LogP) is 3.10. The largest absolute Gasteiger partial charge is 0.345 e. The van der Waals surface area contributed by atoms with Gasteiger partial charge >= 0.3 is 0 Å². The molecule has 2 N–H and O–H groups in total. The Kier molecular flexibility index (Phi) is 3.32. The molecule has 1 aromatic rings. The van der Waals surface area contributed by atoms with Gasteiger partial charge in [0.1, 0.15) is 0 Å². The quantitative estimate of drug-likeness (QED) is 0.848. The summed E-state index contributed by atoms with van der Waals surface area (Å²) in [5, 5.41) is 1.22. The summed E-state index contributed by atoms with van der Waals surface area (Å²) in [5.41, 5.74) is 7.48. The number of rotatable bonds is 1. The molecule has 18 heavy (non-hydrogen) atoms. The summed E-state index contributed by atoms with van der Waals surface area (Å²) in [5.74, 6) is 0.788. The average molecular weight is 265 g/mol. The van der Waals surface area contributed by atoms with Crippen LogP contribution >= 0.6 is 11.3 Å². The van der Waals surface area contributed by atoms with Crippen LogP contribution in [0.1, 0.15) is 56.1 Å². The Morgan fingerprint density at radius 1 is 1.28 bits per heavy atom. The van der Waals surface area contributed by atoms with Crippen LogP contribution < -0.4 is 10.6 Å². The Labute approximate surface area is 113 Å². The highest BCUT2D eigenvalue weighted by Gasteiger charge is 2.28. The number of thiazole rings is 1. The highest BCUT2D eigenvalue weighted by atomic mass is 32.1. The monoisotopic (exact) mass is 265 g/mol. The van der Waals surface area contributed by atoms with Crippen molar-refractivity contribution in [2.75, 3.05) is 11.4 Å². The van der Waals surface area contributed by atoms with Crippen molar-refractivity contribution in [2.45, 2.75) is 58.0 Å². The number of fused-ring (bicyclic) bond motifs is 1. The molecule has 0 bridgehead atoms. The van der Waals surface area contributed by atoms with Gasteiger partial charge in [0.15, 0.2) is 5.13 Å². The highest BCUT2D eigenvalue weighted by Crippen LogP contribution is 2.38. The minimum absolute atomic E-state index is 0.234. The molecule has 3 rings (SSSR count). The Hall–Kier alpha value is -0.610. The molecular weight excluding hydrogens is 242 g/mol. The molecule has 0 amide bonds. The maximum Gasteiger partial charge on any atom is 0.186 e. The second-order valence-electron chi connectivity index (χ2n) is 5.99. The van der Waals surface area contributed by atoms with Crippen LogP contribution in [0.25, 0.3) is 0 Å². The zero-order chi connectivity index (χ0) is 12.7. The van der Waals surface area contributed by atoms with Crippen molar-refractivity contribution in [3.05, 3.63) is 10.6 Å². The van der Waals surface area contributed by atoms with Gasteiger partial charge in [-0.15, -0.1) is 0 Å². The number of nitrogens with two attached hydrogens (primary N) is 1. The molecule has 4 heteroatoms. The molecule has 1 aliphatic heterocycles. The third-order valence-electron chi connectivity index (χ3n) is 4.35. The summed E-state index contributed by atoms with van der Waals surface area (Å²) in [6, 6.07) is 0.863. The summed E-state index contributed by atoms with van der Waals surface area (Å²) < 4.78 is 0. The molecule has 100 valence electrons. The van der Waals surface area contributed by atoms with Gasteiger partial charge in [0, 0.05) is 23.5 Å². The molecule has 2 aliphatic rings. The van der Waals surface area contributed by atoms with E-state index < -0.39 is 0 Å². The number of anilines is 1. The number of nitrogens with zero attached hydrogens (tertiary/aromatic N) is 2. The van der Waals surface area contributed by atoms with Gasteiger partial charge in [0.25, 0.3) is 0 Å². The average Bonchev–Trinajstić information content (AvgIpc) is 2.77. The summed E-state index contributed by atoms with van der Waals surface area (Å²) in [6.07, 6.45) is 6.08. The molecule has 1 aliphatic carbocycles. The van der Waals surface area contributed by atoms with Crippen molar-refractivity contribution < 1.29 is 0 Å². The fourth-order valence-corrected chi connectivity index (χ4v) is 4.38. The van der Waals surface area contributed by atoms with Gasteiger partial charge in [0.05, 0.1) is 5.69 Å². The van der Waals surface area contributed by atoms with Gasteiger partial charge in [-0.05, 0) is 44.9 Å². The SMILES string of the molecule is CC1CCC(C)N(c2nc3c(s2)C(N)CCC3)C1. The molecule has 0 radical (unpaired) electrons. The first-order valence-corrected chi connectivity index (χ1v) is 7.98. The van der Waals surface area contributed by atoms with Crippen molar-refractivity contribution >= 4 is 16.5 Å². The van der Waals surface area contributed by atoms with Gasteiger partial charge in [0.2, 0.25) is 0 Å². The fourth-order valence-electron chi connectivity index (χ4n) is 3.12. The van der Waals surface area contributed by atoms with Crippen LogP contribution in [0.2, 0.25) is 0 Å². The minimum atomic E-state index is 0.234. The van der Waals surface area contributed by atoms with Crippen molar-refractivity contribution in [1.29, 1.82) is 0 Å². The summed E-state index contributed by atoms with van der Waals surface area (Å²) in [6.45, 7) is 5.83. The predicted molar refractivity (Wildman–Crippen MR) is 77.2 cm³/mol. The molecule has 0 saturated carbocycles. The summed E-state index contributed by atoms with van der Waals surface area (Å²) in [4.78, 5) is 8.73. The molecular formula is C14H23N3S. The van der Waals surface area contributed by atoms with E-state index in [4.69, 9.17) is 10.7 Å². The van der Waals surface area contributed by atoms with E-state index in [9.17, 15) is 0 Å². The van der Waals surface area contributed by atoms with Crippen molar-refractivity contribution in [3.63, 3.8) is 0 Å². The van der Waals surface area contributed by atoms with Crippen molar-refractivity contribution in [3.8, 4) is 0 Å². The van der Waals surface area contributed by atoms with Crippen LogP contribution in [-0.4, -0.2) is 17.6 Å². The zero-order valence-corrected chi connectivity index (χ0v) is 12.2. The summed E-state index contributed by atoms with van der Waals surface area (Å²) in [7, 11) is 0. The normalized spacial score (nSPS) is 32.4. The van der Waals surface area contributed by atoms with Gasteiger partial charge < -0.3 is 10.6 Å². The number of piperidine rings is 1. The molecule has 2 heterocycles. The minimum Gasteiger partial charge on any atom is -0.345 e. The lowest BCUT2D eigenvalue weighted by Gasteiger charge is -2.36. The molecule has 0 aromatic carbocycles. The number of aromatic nitrogens is 1. The van der Waals surface area contributed by atoms with E-state index in [0.29, 0.717) is 6.04 Å². The van der Waals surface area contributed by atoms with Crippen LogP contribution in [0.3, 0.4) is 0 Å². The Morgan fingerprint density at radius 2 is 2.11 bits per heavy atom. The maximum absolute atomic E-state index is 6.20. The number of hydrogen-bond donors (Lipinski definition) is 1. The van der Waals surface area contributed by atoms with E-state index in [1.54, 1.807) is 0 Å². The Balaban J connectivity index is 1.87. The van der Waals surface area contributed by atoms with Gasteiger partial charge in [-0.3, -0.25) is 0 Å². The van der Waals surface area contributed by atoms with E-state index in [1.807, 2.05) is 11.3 Å². The highest BCUT2D eigenvalue weighted by molar-refractivity contribution is 7.15. The molecule has 3 unspecified atom stereocenters. The summed E-state index contributed by atoms with van der Waals surface area (Å²) >= 11 is 1.85. The van der Waals surface area contributed by atoms with Crippen LogP contribution in [-0.2, 0) is 6.42 Å². The number of hydrogen-bond acceptors (Lipinski definition) is 4. The van der Waals surface area contributed by atoms with Crippen LogP contribution in [0.15, 0.2) is 0 Å². The third-order valence-corrected chi connectivity index (χ3v) is 5.61. The molecule has 1 aromatic heterocycles. The molecule has 3 nitrogen and oxygen atoms in total. The topological polar surface area (TPSA) is 42.2 Å². The zero-order valence-electron chi connectivity index (χ0n) is 11.4. The van der Waals surface area contributed by atoms with Crippen LogP contribution in [0.5, 0.6) is 0 Å². The fraction of sp³-hybridized carbons (Fsp3) is 0.786. The van der Waals surface area contributed by atoms with Crippen molar-refractivity contribution in [2.24, 2.45) is 11.7 Å². The van der Waals surface area contributed by atoms with E-state index in [2.05, 4.69) is 18.7 Å². The first kappa shape index (κ1) is 12.4. The standard InChI is InChI=1S/C14H23N3S/c1-9-6-7-10(2)17(8-9)14-16-12-5-3-4-11(15)13(12)18-14/h9-11H,3-8,15H2,1-2H3. The second kappa shape index (κ2) is 4.82. The maximum atomic E-state index is 6.20. The lowest BCUT2D eigenvalue weighted by Crippen LogP contribution is -2.41. The van der Waals surface area contributed by atoms with E-state index in [1.165, 1.54) is 35.0 Å². The van der Waals surface area contributed by atoms with E-state index in [-0.39, 0.29) is 6.04 Å². The lowest BCUT2D eigenvalue weighted by atomic mass is 9.96. The molecule has 0 spiro atoms. The van der Waals surface area contributed by atoms with Crippen molar-refractivity contribution in [1.82, 2.24) is 4.98 Å². The van der Waals surface area contributed by atoms with E-state index in [0.717, 1.165) is 25.3 Å². The molecule has 1 fully saturated rings. The molecule has 3 atom stereocenters. The first-order valence-electron chi connectivity index (χ1n) is 7.17. The van der Waals surface area contributed by atoms with Gasteiger partial charge in [-0.2, -0.15) is 0 Å². The van der Waals surface area contributed by atoms with Crippen LogP contribution in [0, 0.1) is 5.92 Å². The number of aryl methyl sites for hydroxylation is 1. The Morgan fingerprint density at radius 3 is 2.89 bits per heavy atom. The second-order valence-corrected chi connectivity index (χ2v) is 7.00. The van der Waals surface area contributed by atoms with Crippen LogP contribution in [0.4, 0.5) is 5.13 Å². The van der Waals surface area contributed by atoms with E-state index >= 15 is 0 Å². The first-order chi connectivity index (χ1) is 8.65. The smallest absolute Gasteiger partial charge is 0.186 e.